The second-order valence-corrected chi connectivity index (χ2v) is 6.02. The summed E-state index contributed by atoms with van der Waals surface area (Å²) in [6.45, 7) is 0. The first-order chi connectivity index (χ1) is 11.1. The van der Waals surface area contributed by atoms with Gasteiger partial charge in [-0.25, -0.2) is 0 Å². The molecule has 118 valence electrons. The molecule has 1 heterocycles. The zero-order valence-electron chi connectivity index (χ0n) is 11.7. The van der Waals surface area contributed by atoms with Crippen molar-refractivity contribution >= 4 is 58.2 Å². The number of carbonyl (C=O) groups is 2. The number of amides is 2. The molecule has 3 N–H and O–H groups in total. The number of carbonyl (C=O) groups excluding carboxylic acids is 2. The second kappa shape index (κ2) is 8.42. The maximum absolute atomic E-state index is 11.9. The molecule has 1 aromatic heterocycles. The SMILES string of the molecule is O=C(C=Cc1cccs1)NC(=S)NNC(=O)c1ccccc1Cl. The van der Waals surface area contributed by atoms with Crippen molar-refractivity contribution in [1.82, 2.24) is 16.2 Å². The molecule has 5 nitrogen and oxygen atoms in total. The number of thiophene rings is 1. The summed E-state index contributed by atoms with van der Waals surface area (Å²) >= 11 is 12.3. The lowest BCUT2D eigenvalue weighted by atomic mass is 10.2. The van der Waals surface area contributed by atoms with E-state index in [4.69, 9.17) is 23.8 Å². The van der Waals surface area contributed by atoms with Crippen LogP contribution < -0.4 is 16.2 Å². The number of halogens is 1. The van der Waals surface area contributed by atoms with Crippen molar-refractivity contribution in [2.45, 2.75) is 0 Å². The first kappa shape index (κ1) is 17.1. The van der Waals surface area contributed by atoms with E-state index in [9.17, 15) is 9.59 Å². The van der Waals surface area contributed by atoms with Gasteiger partial charge in [0.05, 0.1) is 10.6 Å². The van der Waals surface area contributed by atoms with Gasteiger partial charge in [-0.15, -0.1) is 11.3 Å². The fraction of sp³-hybridized carbons (Fsp3) is 0. The molecule has 0 fully saturated rings. The smallest absolute Gasteiger partial charge is 0.271 e. The van der Waals surface area contributed by atoms with E-state index in [1.165, 1.54) is 17.4 Å². The molecule has 2 rings (SSSR count). The molecule has 8 heteroatoms. The Balaban J connectivity index is 1.80. The van der Waals surface area contributed by atoms with Crippen LogP contribution in [0.15, 0.2) is 47.9 Å². The van der Waals surface area contributed by atoms with Crippen LogP contribution in [0.3, 0.4) is 0 Å². The topological polar surface area (TPSA) is 70.2 Å². The van der Waals surface area contributed by atoms with Crippen molar-refractivity contribution in [1.29, 1.82) is 0 Å². The molecule has 2 aromatic rings. The van der Waals surface area contributed by atoms with E-state index in [2.05, 4.69) is 16.2 Å². The van der Waals surface area contributed by atoms with Crippen molar-refractivity contribution < 1.29 is 9.59 Å². The first-order valence-corrected chi connectivity index (χ1v) is 8.10. The summed E-state index contributed by atoms with van der Waals surface area (Å²) in [5.41, 5.74) is 5.10. The van der Waals surface area contributed by atoms with Gasteiger partial charge >= 0.3 is 0 Å². The maximum atomic E-state index is 11.9. The van der Waals surface area contributed by atoms with Crippen LogP contribution in [0, 0.1) is 0 Å². The van der Waals surface area contributed by atoms with Crippen molar-refractivity contribution in [3.8, 4) is 0 Å². The van der Waals surface area contributed by atoms with Gasteiger partial charge in [-0.2, -0.15) is 0 Å². The maximum Gasteiger partial charge on any atom is 0.271 e. The van der Waals surface area contributed by atoms with Crippen molar-refractivity contribution in [2.75, 3.05) is 0 Å². The Kier molecular flexibility index (Phi) is 6.28. The summed E-state index contributed by atoms with van der Waals surface area (Å²) in [6.07, 6.45) is 3.03. The third kappa shape index (κ3) is 5.48. The molecule has 0 aliphatic heterocycles. The number of hydrogen-bond acceptors (Lipinski definition) is 4. The van der Waals surface area contributed by atoms with E-state index >= 15 is 0 Å². The summed E-state index contributed by atoms with van der Waals surface area (Å²) in [5.74, 6) is -0.857. The fourth-order valence-corrected chi connectivity index (χ4v) is 2.55. The third-order valence-corrected chi connectivity index (χ3v) is 3.96. The molecule has 0 saturated carbocycles. The minimum Gasteiger partial charge on any atom is -0.298 e. The lowest BCUT2D eigenvalue weighted by Crippen LogP contribution is -2.48. The Labute approximate surface area is 147 Å². The van der Waals surface area contributed by atoms with Crippen molar-refractivity contribution in [3.63, 3.8) is 0 Å². The average molecular weight is 366 g/mol. The number of rotatable bonds is 3. The zero-order valence-corrected chi connectivity index (χ0v) is 14.1. The van der Waals surface area contributed by atoms with Crippen molar-refractivity contribution in [2.24, 2.45) is 0 Å². The Morgan fingerprint density at radius 1 is 1.13 bits per heavy atom. The van der Waals surface area contributed by atoms with Crippen LogP contribution in [0.1, 0.15) is 15.2 Å². The predicted molar refractivity (Wildman–Crippen MR) is 96.1 cm³/mol. The summed E-state index contributed by atoms with van der Waals surface area (Å²) in [7, 11) is 0. The molecule has 0 unspecified atom stereocenters. The molecule has 23 heavy (non-hydrogen) atoms. The molecule has 0 bridgehead atoms. The zero-order chi connectivity index (χ0) is 16.7. The quantitative estimate of drug-likeness (QED) is 0.444. The highest BCUT2D eigenvalue weighted by Gasteiger charge is 2.09. The first-order valence-electron chi connectivity index (χ1n) is 6.43. The fourth-order valence-electron chi connectivity index (χ4n) is 1.55. The molecule has 2 amide bonds. The number of thiocarbonyl (C=S) groups is 1. The van der Waals surface area contributed by atoms with Gasteiger partial charge in [0, 0.05) is 11.0 Å². The van der Waals surface area contributed by atoms with Gasteiger partial charge in [0.1, 0.15) is 0 Å². The van der Waals surface area contributed by atoms with E-state index in [1.807, 2.05) is 17.5 Å². The van der Waals surface area contributed by atoms with Crippen LogP contribution in [-0.2, 0) is 4.79 Å². The van der Waals surface area contributed by atoms with Crippen molar-refractivity contribution in [3.05, 3.63) is 63.3 Å². The van der Waals surface area contributed by atoms with Gasteiger partial charge in [0.25, 0.3) is 5.91 Å². The molecule has 0 spiro atoms. The van der Waals surface area contributed by atoms with Gasteiger partial charge in [-0.1, -0.05) is 29.8 Å². The molecule has 0 radical (unpaired) electrons. The summed E-state index contributed by atoms with van der Waals surface area (Å²) in [6, 6.07) is 10.4. The second-order valence-electron chi connectivity index (χ2n) is 4.23. The van der Waals surface area contributed by atoms with Crippen LogP contribution in [0.5, 0.6) is 0 Å². The van der Waals surface area contributed by atoms with E-state index < -0.39 is 11.8 Å². The van der Waals surface area contributed by atoms with E-state index in [0.717, 1.165) is 4.88 Å². The summed E-state index contributed by atoms with van der Waals surface area (Å²) in [4.78, 5) is 24.5. The molecule has 0 saturated heterocycles. The highest BCUT2D eigenvalue weighted by atomic mass is 35.5. The number of benzene rings is 1. The van der Waals surface area contributed by atoms with Crippen LogP contribution >= 0.6 is 35.2 Å². The Bertz CT molecular complexity index is 745. The average Bonchev–Trinajstić information content (AvgIpc) is 3.04. The molecule has 1 aromatic carbocycles. The molecule has 0 aliphatic rings. The molecular formula is C15H12ClN3O2S2. The van der Waals surface area contributed by atoms with Gasteiger partial charge in [-0.3, -0.25) is 25.8 Å². The highest BCUT2D eigenvalue weighted by Crippen LogP contribution is 2.14. The monoisotopic (exact) mass is 365 g/mol. The van der Waals surface area contributed by atoms with Crippen LogP contribution in [0.25, 0.3) is 6.08 Å². The minimum absolute atomic E-state index is 0.0220. The lowest BCUT2D eigenvalue weighted by Gasteiger charge is -2.10. The van der Waals surface area contributed by atoms with E-state index in [1.54, 1.807) is 30.3 Å². The Hall–Kier alpha value is -2.22. The van der Waals surface area contributed by atoms with Crippen LogP contribution in [0.4, 0.5) is 0 Å². The summed E-state index contributed by atoms with van der Waals surface area (Å²) in [5, 5.41) is 4.62. The highest BCUT2D eigenvalue weighted by molar-refractivity contribution is 7.80. The van der Waals surface area contributed by atoms with Crippen LogP contribution in [0.2, 0.25) is 5.02 Å². The normalized spacial score (nSPS) is 10.3. The number of hydrogen-bond donors (Lipinski definition) is 3. The summed E-state index contributed by atoms with van der Waals surface area (Å²) < 4.78 is 0. The van der Waals surface area contributed by atoms with Gasteiger partial charge < -0.3 is 0 Å². The number of nitrogens with one attached hydrogen (secondary N) is 3. The third-order valence-electron chi connectivity index (χ3n) is 2.59. The number of hydrazine groups is 1. The van der Waals surface area contributed by atoms with Gasteiger partial charge in [0.15, 0.2) is 5.11 Å². The van der Waals surface area contributed by atoms with Gasteiger partial charge in [0.2, 0.25) is 5.91 Å². The lowest BCUT2D eigenvalue weighted by molar-refractivity contribution is -0.115. The molecular weight excluding hydrogens is 354 g/mol. The minimum atomic E-state index is -0.457. The predicted octanol–water partition coefficient (Wildman–Crippen LogP) is 2.75. The van der Waals surface area contributed by atoms with E-state index in [-0.39, 0.29) is 5.11 Å². The van der Waals surface area contributed by atoms with Gasteiger partial charge in [-0.05, 0) is 41.9 Å². The largest absolute Gasteiger partial charge is 0.298 e. The van der Waals surface area contributed by atoms with Crippen LogP contribution in [-0.4, -0.2) is 16.9 Å². The standard InChI is InChI=1S/C15H12ClN3O2S2/c16-12-6-2-1-5-11(12)14(21)18-19-15(22)17-13(20)8-7-10-4-3-9-23-10/h1-9H,(H,18,21)(H2,17,19,20,22). The van der Waals surface area contributed by atoms with E-state index in [0.29, 0.717) is 10.6 Å². The molecule has 0 atom stereocenters. The Morgan fingerprint density at radius 3 is 2.61 bits per heavy atom. The Morgan fingerprint density at radius 2 is 1.91 bits per heavy atom. The molecule has 0 aliphatic carbocycles.